The van der Waals surface area contributed by atoms with Crippen LogP contribution in [0.3, 0.4) is 0 Å². The van der Waals surface area contributed by atoms with E-state index in [1.54, 1.807) is 0 Å². The quantitative estimate of drug-likeness (QED) is 0.480. The zero-order valence-corrected chi connectivity index (χ0v) is 23.2. The first-order chi connectivity index (χ1) is 18.9. The first-order valence-electron chi connectivity index (χ1n) is 14.2. The van der Waals surface area contributed by atoms with Gasteiger partial charge in [0.2, 0.25) is 5.91 Å². The monoisotopic (exact) mass is 526 g/mol. The van der Waals surface area contributed by atoms with E-state index in [0.717, 1.165) is 67.8 Å². The molecule has 3 aromatic rings. The van der Waals surface area contributed by atoms with Crippen LogP contribution >= 0.6 is 0 Å². The van der Waals surface area contributed by atoms with Gasteiger partial charge in [-0.05, 0) is 56.4 Å². The molecule has 3 aliphatic rings. The third kappa shape index (κ3) is 4.79. The summed E-state index contributed by atoms with van der Waals surface area (Å²) < 4.78 is 8.09. The van der Waals surface area contributed by atoms with Gasteiger partial charge in [-0.25, -0.2) is 4.52 Å². The third-order valence-electron chi connectivity index (χ3n) is 9.16. The Balaban J connectivity index is 1.17. The standard InChI is InChI=1S/C31H38N6O2/c1-22(2)34-12-9-31(39-3,10-13-34)26-6-4-23(5-7-26)25-19-29-28(8-11-33-37(29)21-25)35-14-16-36(17-15-35)30(38)27-18-24(27)20-32/h4-8,11,19,21-22,24,27H,9-10,12-18H2,1-3H3/t24?,27-/m0/s1. The van der Waals surface area contributed by atoms with Crippen LogP contribution in [0.25, 0.3) is 16.6 Å². The molecule has 3 fully saturated rings. The van der Waals surface area contributed by atoms with E-state index in [9.17, 15) is 4.79 Å². The van der Waals surface area contributed by atoms with Gasteiger partial charge in [-0.1, -0.05) is 24.3 Å². The van der Waals surface area contributed by atoms with Crippen molar-refractivity contribution in [3.05, 3.63) is 54.4 Å². The minimum absolute atomic E-state index is 0.0819. The number of piperidine rings is 1. The van der Waals surface area contributed by atoms with Crippen LogP contribution < -0.4 is 4.90 Å². The van der Waals surface area contributed by atoms with Gasteiger partial charge >= 0.3 is 0 Å². The smallest absolute Gasteiger partial charge is 0.227 e. The van der Waals surface area contributed by atoms with Crippen LogP contribution in [0.15, 0.2) is 48.8 Å². The number of benzene rings is 1. The fraction of sp³-hybridized carbons (Fsp3) is 0.516. The van der Waals surface area contributed by atoms with Crippen LogP contribution in [0.2, 0.25) is 0 Å². The summed E-state index contributed by atoms with van der Waals surface area (Å²) in [6.45, 7) is 9.55. The largest absolute Gasteiger partial charge is 0.373 e. The zero-order chi connectivity index (χ0) is 27.1. The number of amides is 1. The normalized spacial score (nSPS) is 23.3. The van der Waals surface area contributed by atoms with Crippen molar-refractivity contribution in [3.8, 4) is 17.2 Å². The van der Waals surface area contributed by atoms with Crippen molar-refractivity contribution in [2.75, 3.05) is 51.3 Å². The highest BCUT2D eigenvalue weighted by Crippen LogP contribution is 2.40. The van der Waals surface area contributed by atoms with E-state index >= 15 is 0 Å². The highest BCUT2D eigenvalue weighted by Gasteiger charge is 2.45. The molecule has 1 unspecified atom stereocenters. The molecule has 2 saturated heterocycles. The summed E-state index contributed by atoms with van der Waals surface area (Å²) in [5.41, 5.74) is 5.53. The van der Waals surface area contributed by atoms with Crippen LogP contribution in [-0.4, -0.2) is 77.7 Å². The van der Waals surface area contributed by atoms with Gasteiger partial charge in [-0.2, -0.15) is 10.4 Å². The number of hydrogen-bond acceptors (Lipinski definition) is 6. The van der Waals surface area contributed by atoms with Crippen molar-refractivity contribution < 1.29 is 9.53 Å². The summed E-state index contributed by atoms with van der Waals surface area (Å²) in [5.74, 6) is -0.0166. The molecule has 0 radical (unpaired) electrons. The molecule has 1 amide bonds. The Morgan fingerprint density at radius 3 is 2.38 bits per heavy atom. The van der Waals surface area contributed by atoms with Crippen molar-refractivity contribution >= 4 is 17.1 Å². The van der Waals surface area contributed by atoms with Gasteiger partial charge in [0.25, 0.3) is 0 Å². The highest BCUT2D eigenvalue weighted by atomic mass is 16.5. The van der Waals surface area contributed by atoms with Gasteiger partial charge in [0.15, 0.2) is 0 Å². The highest BCUT2D eigenvalue weighted by molar-refractivity contribution is 5.83. The van der Waals surface area contributed by atoms with Crippen LogP contribution in [0.1, 0.15) is 38.7 Å². The Morgan fingerprint density at radius 1 is 1.05 bits per heavy atom. The van der Waals surface area contributed by atoms with Gasteiger partial charge in [0.05, 0.1) is 34.7 Å². The van der Waals surface area contributed by atoms with E-state index in [-0.39, 0.29) is 23.3 Å². The maximum absolute atomic E-state index is 12.7. The van der Waals surface area contributed by atoms with Crippen molar-refractivity contribution in [3.63, 3.8) is 0 Å². The Morgan fingerprint density at radius 2 is 1.77 bits per heavy atom. The Labute approximate surface area is 230 Å². The maximum atomic E-state index is 12.7. The number of piperazine rings is 1. The van der Waals surface area contributed by atoms with Gasteiger partial charge in [-0.15, -0.1) is 0 Å². The third-order valence-corrected chi connectivity index (χ3v) is 9.16. The lowest BCUT2D eigenvalue weighted by atomic mass is 9.83. The van der Waals surface area contributed by atoms with Gasteiger partial charge < -0.3 is 19.4 Å². The molecule has 1 aromatic carbocycles. The summed E-state index contributed by atoms with van der Waals surface area (Å²) >= 11 is 0. The number of carbonyl (C=O) groups excluding carboxylic acids is 1. The molecular formula is C31H38N6O2. The van der Waals surface area contributed by atoms with E-state index in [2.05, 4.69) is 77.4 Å². The molecule has 0 bridgehead atoms. The molecule has 8 nitrogen and oxygen atoms in total. The van der Waals surface area contributed by atoms with Crippen molar-refractivity contribution in [1.29, 1.82) is 5.26 Å². The predicted molar refractivity (Wildman–Crippen MR) is 151 cm³/mol. The lowest BCUT2D eigenvalue weighted by molar-refractivity contribution is -0.133. The lowest BCUT2D eigenvalue weighted by Crippen LogP contribution is -2.49. The fourth-order valence-corrected chi connectivity index (χ4v) is 6.42. The number of aromatic nitrogens is 2. The van der Waals surface area contributed by atoms with E-state index in [4.69, 9.17) is 10.00 Å². The molecule has 1 aliphatic carbocycles. The van der Waals surface area contributed by atoms with Crippen molar-refractivity contribution in [1.82, 2.24) is 19.4 Å². The van der Waals surface area contributed by atoms with E-state index in [1.807, 2.05) is 22.7 Å². The number of fused-ring (bicyclic) bond motifs is 1. The molecule has 2 aromatic heterocycles. The molecule has 2 aliphatic heterocycles. The average molecular weight is 527 g/mol. The second-order valence-corrected chi connectivity index (χ2v) is 11.6. The van der Waals surface area contributed by atoms with Gasteiger partial charge in [-0.3, -0.25) is 4.79 Å². The number of nitriles is 1. The van der Waals surface area contributed by atoms with E-state index in [0.29, 0.717) is 19.1 Å². The molecule has 204 valence electrons. The summed E-state index contributed by atoms with van der Waals surface area (Å²) in [5, 5.41) is 13.7. The van der Waals surface area contributed by atoms with E-state index < -0.39 is 0 Å². The minimum Gasteiger partial charge on any atom is -0.373 e. The number of carbonyl (C=O) groups is 1. The predicted octanol–water partition coefficient (Wildman–Crippen LogP) is 4.16. The molecule has 2 atom stereocenters. The maximum Gasteiger partial charge on any atom is 0.227 e. The number of hydrogen-bond donors (Lipinski definition) is 0. The molecule has 6 rings (SSSR count). The molecule has 4 heterocycles. The first kappa shape index (κ1) is 25.8. The Kier molecular flexibility index (Phi) is 6.82. The summed E-state index contributed by atoms with van der Waals surface area (Å²) in [4.78, 5) is 19.5. The average Bonchev–Trinajstić information content (AvgIpc) is 3.65. The van der Waals surface area contributed by atoms with Crippen molar-refractivity contribution in [2.24, 2.45) is 11.8 Å². The zero-order valence-electron chi connectivity index (χ0n) is 23.2. The number of rotatable bonds is 6. The molecule has 8 heteroatoms. The summed E-state index contributed by atoms with van der Waals surface area (Å²) in [7, 11) is 1.84. The van der Waals surface area contributed by atoms with Crippen LogP contribution in [0.4, 0.5) is 5.69 Å². The van der Waals surface area contributed by atoms with Crippen molar-refractivity contribution in [2.45, 2.75) is 44.8 Å². The van der Waals surface area contributed by atoms with Gasteiger partial charge in [0, 0.05) is 70.4 Å². The SMILES string of the molecule is COC1(c2ccc(-c3cc4c(N5CCN(C(=O)[C@H]6CC6C#N)CC5)ccnn4c3)cc2)CCN(C(C)C)CC1. The molecular weight excluding hydrogens is 488 g/mol. The second kappa shape index (κ2) is 10.3. The Bertz CT molecular complexity index is 1370. The van der Waals surface area contributed by atoms with Crippen LogP contribution in [0, 0.1) is 23.2 Å². The number of nitrogens with zero attached hydrogens (tertiary/aromatic N) is 6. The first-order valence-corrected chi connectivity index (χ1v) is 14.2. The molecule has 39 heavy (non-hydrogen) atoms. The van der Waals surface area contributed by atoms with Crippen LogP contribution in [-0.2, 0) is 15.1 Å². The number of likely N-dealkylation sites (tertiary alicyclic amines) is 1. The lowest BCUT2D eigenvalue weighted by Gasteiger charge is -2.42. The van der Waals surface area contributed by atoms with Gasteiger partial charge in [0.1, 0.15) is 0 Å². The molecule has 0 spiro atoms. The Hall–Kier alpha value is -3.41. The van der Waals surface area contributed by atoms with Crippen LogP contribution in [0.5, 0.6) is 0 Å². The fourth-order valence-electron chi connectivity index (χ4n) is 6.42. The molecule has 0 N–H and O–H groups in total. The minimum atomic E-state index is -0.220. The number of anilines is 1. The number of methoxy groups -OCH3 is 1. The van der Waals surface area contributed by atoms with E-state index in [1.165, 1.54) is 5.56 Å². The second-order valence-electron chi connectivity index (χ2n) is 11.6. The summed E-state index contributed by atoms with van der Waals surface area (Å²) in [6, 6.07) is 15.9. The topological polar surface area (TPSA) is 77.1 Å². The summed E-state index contributed by atoms with van der Waals surface area (Å²) in [6.07, 6.45) is 6.67. The number of ether oxygens (including phenoxy) is 1. The molecule has 1 saturated carbocycles.